The van der Waals surface area contributed by atoms with Crippen LogP contribution in [0.2, 0.25) is 5.02 Å². The molecule has 0 spiro atoms. The van der Waals surface area contributed by atoms with E-state index in [-0.39, 0.29) is 29.2 Å². The van der Waals surface area contributed by atoms with Crippen LogP contribution in [-0.2, 0) is 21.3 Å². The van der Waals surface area contributed by atoms with Gasteiger partial charge in [-0.1, -0.05) is 23.7 Å². The standard InChI is InChI=1S/C21H23ClF2N2O4S/c1-30-21(27)15-4-5-16(19(24)11-15)12-25-31(28,29)20(13-26-8-2-3-9-26)14-6-7-18(23)17(22)10-14/h4-7,10-11,20,25H,2-3,8-9,12-13H2,1H3. The molecule has 0 aromatic heterocycles. The molecule has 6 nitrogen and oxygen atoms in total. The summed E-state index contributed by atoms with van der Waals surface area (Å²) in [4.78, 5) is 13.5. The molecule has 3 rings (SSSR count). The Morgan fingerprint density at radius 3 is 2.48 bits per heavy atom. The molecule has 10 heteroatoms. The summed E-state index contributed by atoms with van der Waals surface area (Å²) >= 11 is 5.88. The van der Waals surface area contributed by atoms with Gasteiger partial charge in [0, 0.05) is 18.7 Å². The van der Waals surface area contributed by atoms with Crippen molar-refractivity contribution in [1.82, 2.24) is 9.62 Å². The molecule has 0 amide bonds. The second-order valence-electron chi connectivity index (χ2n) is 7.33. The molecule has 168 valence electrons. The predicted molar refractivity (Wildman–Crippen MR) is 113 cm³/mol. The Bertz CT molecular complexity index is 1060. The molecule has 1 aliphatic heterocycles. The molecule has 1 atom stereocenters. The zero-order chi connectivity index (χ0) is 22.6. The number of nitrogens with zero attached hydrogens (tertiary/aromatic N) is 1. The Morgan fingerprint density at radius 2 is 1.87 bits per heavy atom. The molecule has 1 saturated heterocycles. The number of rotatable bonds is 8. The van der Waals surface area contributed by atoms with Crippen LogP contribution in [0.5, 0.6) is 0 Å². The van der Waals surface area contributed by atoms with Crippen molar-refractivity contribution in [1.29, 1.82) is 0 Å². The zero-order valence-corrected chi connectivity index (χ0v) is 18.5. The van der Waals surface area contributed by atoms with Crippen molar-refractivity contribution in [2.75, 3.05) is 26.7 Å². The van der Waals surface area contributed by atoms with Gasteiger partial charge >= 0.3 is 5.97 Å². The van der Waals surface area contributed by atoms with Crippen LogP contribution in [-0.4, -0.2) is 46.0 Å². The first-order valence-electron chi connectivity index (χ1n) is 9.74. The molecule has 1 unspecified atom stereocenters. The number of benzene rings is 2. The van der Waals surface area contributed by atoms with Gasteiger partial charge in [-0.2, -0.15) is 0 Å². The number of esters is 1. The third-order valence-corrected chi connectivity index (χ3v) is 7.26. The van der Waals surface area contributed by atoms with Crippen LogP contribution in [0.15, 0.2) is 36.4 Å². The highest BCUT2D eigenvalue weighted by atomic mass is 35.5. The summed E-state index contributed by atoms with van der Waals surface area (Å²) in [6.45, 7) is 1.44. The van der Waals surface area contributed by atoms with Gasteiger partial charge in [-0.15, -0.1) is 0 Å². The largest absolute Gasteiger partial charge is 0.465 e. The van der Waals surface area contributed by atoms with E-state index in [4.69, 9.17) is 11.6 Å². The van der Waals surface area contributed by atoms with Crippen LogP contribution in [0.3, 0.4) is 0 Å². The Morgan fingerprint density at radius 1 is 1.16 bits per heavy atom. The molecule has 0 saturated carbocycles. The number of likely N-dealkylation sites (tertiary alicyclic amines) is 1. The Hall–Kier alpha value is -2.07. The fraction of sp³-hybridized carbons (Fsp3) is 0.381. The average molecular weight is 473 g/mol. The molecule has 1 fully saturated rings. The van der Waals surface area contributed by atoms with Crippen molar-refractivity contribution < 1.29 is 26.7 Å². The number of hydrogen-bond donors (Lipinski definition) is 1. The van der Waals surface area contributed by atoms with E-state index in [0.29, 0.717) is 5.56 Å². The molecule has 2 aromatic carbocycles. The van der Waals surface area contributed by atoms with Gasteiger partial charge in [0.15, 0.2) is 0 Å². The van der Waals surface area contributed by atoms with Crippen molar-refractivity contribution in [3.05, 3.63) is 69.7 Å². The molecular formula is C21H23ClF2N2O4S. The van der Waals surface area contributed by atoms with Gasteiger partial charge in [0.1, 0.15) is 16.9 Å². The van der Waals surface area contributed by atoms with E-state index < -0.39 is 32.9 Å². The summed E-state index contributed by atoms with van der Waals surface area (Å²) in [6, 6.07) is 7.52. The quantitative estimate of drug-likeness (QED) is 0.593. The summed E-state index contributed by atoms with van der Waals surface area (Å²) in [7, 11) is -2.78. The Labute approximate surface area is 185 Å². The van der Waals surface area contributed by atoms with Crippen molar-refractivity contribution in [2.45, 2.75) is 24.6 Å². The fourth-order valence-electron chi connectivity index (χ4n) is 3.51. The second-order valence-corrected chi connectivity index (χ2v) is 9.69. The normalized spacial score (nSPS) is 15.7. The van der Waals surface area contributed by atoms with Crippen molar-refractivity contribution in [2.24, 2.45) is 0 Å². The number of methoxy groups -OCH3 is 1. The van der Waals surface area contributed by atoms with E-state index in [0.717, 1.165) is 38.1 Å². The van der Waals surface area contributed by atoms with Gasteiger partial charge in [-0.3, -0.25) is 0 Å². The minimum absolute atomic E-state index is 0.0273. The first-order valence-corrected chi connectivity index (χ1v) is 11.7. The van der Waals surface area contributed by atoms with Gasteiger partial charge in [0.05, 0.1) is 17.7 Å². The maximum atomic E-state index is 14.4. The maximum Gasteiger partial charge on any atom is 0.337 e. The predicted octanol–water partition coefficient (Wildman–Crippen LogP) is 3.66. The van der Waals surface area contributed by atoms with Crippen LogP contribution in [0, 0.1) is 11.6 Å². The number of ether oxygens (including phenoxy) is 1. The van der Waals surface area contributed by atoms with Crippen molar-refractivity contribution in [3.63, 3.8) is 0 Å². The number of carbonyl (C=O) groups is 1. The van der Waals surface area contributed by atoms with Gasteiger partial charge in [0.2, 0.25) is 10.0 Å². The topological polar surface area (TPSA) is 75.7 Å². The minimum atomic E-state index is -3.97. The molecule has 1 aliphatic rings. The summed E-state index contributed by atoms with van der Waals surface area (Å²) in [5, 5.41) is -1.18. The van der Waals surface area contributed by atoms with E-state index in [1.807, 2.05) is 4.90 Å². The van der Waals surface area contributed by atoms with E-state index in [1.165, 1.54) is 31.4 Å². The van der Waals surface area contributed by atoms with Crippen LogP contribution < -0.4 is 4.72 Å². The third-order valence-electron chi connectivity index (χ3n) is 5.25. The van der Waals surface area contributed by atoms with Gasteiger partial charge in [-0.05, 0) is 55.8 Å². The summed E-state index contributed by atoms with van der Waals surface area (Å²) in [5.41, 5.74) is 0.458. The van der Waals surface area contributed by atoms with Crippen LogP contribution >= 0.6 is 11.6 Å². The van der Waals surface area contributed by atoms with Gasteiger partial charge in [-0.25, -0.2) is 26.7 Å². The number of sulfonamides is 1. The lowest BCUT2D eigenvalue weighted by atomic mass is 10.1. The third kappa shape index (κ3) is 5.79. The highest BCUT2D eigenvalue weighted by Crippen LogP contribution is 2.28. The molecular weight excluding hydrogens is 450 g/mol. The number of carbonyl (C=O) groups excluding carboxylic acids is 1. The van der Waals surface area contributed by atoms with E-state index >= 15 is 0 Å². The SMILES string of the molecule is COC(=O)c1ccc(CNS(=O)(=O)C(CN2CCCC2)c2ccc(F)c(Cl)c2)c(F)c1. The lowest BCUT2D eigenvalue weighted by molar-refractivity contribution is 0.0600. The zero-order valence-electron chi connectivity index (χ0n) is 16.9. The first-order chi connectivity index (χ1) is 14.7. The average Bonchev–Trinajstić information content (AvgIpc) is 3.26. The van der Waals surface area contributed by atoms with Gasteiger partial charge < -0.3 is 9.64 Å². The second kappa shape index (κ2) is 10.0. The molecule has 1 N–H and O–H groups in total. The highest BCUT2D eigenvalue weighted by molar-refractivity contribution is 7.89. The van der Waals surface area contributed by atoms with E-state index in [1.54, 1.807) is 0 Å². The Balaban J connectivity index is 1.82. The summed E-state index contributed by atoms with van der Waals surface area (Å²) < 4.78 is 61.3. The molecule has 2 aromatic rings. The molecule has 0 aliphatic carbocycles. The van der Waals surface area contributed by atoms with Crippen LogP contribution in [0.1, 0.15) is 39.6 Å². The van der Waals surface area contributed by atoms with Crippen molar-refractivity contribution >= 4 is 27.6 Å². The van der Waals surface area contributed by atoms with E-state index in [9.17, 15) is 22.0 Å². The van der Waals surface area contributed by atoms with Crippen molar-refractivity contribution in [3.8, 4) is 0 Å². The van der Waals surface area contributed by atoms with E-state index in [2.05, 4.69) is 9.46 Å². The van der Waals surface area contributed by atoms with Gasteiger partial charge in [0.25, 0.3) is 0 Å². The maximum absolute atomic E-state index is 14.4. The van der Waals surface area contributed by atoms with Crippen LogP contribution in [0.25, 0.3) is 0 Å². The van der Waals surface area contributed by atoms with Crippen LogP contribution in [0.4, 0.5) is 8.78 Å². The molecule has 31 heavy (non-hydrogen) atoms. The molecule has 0 radical (unpaired) electrons. The number of nitrogens with one attached hydrogen (secondary N) is 1. The summed E-state index contributed by atoms with van der Waals surface area (Å²) in [5.74, 6) is -2.06. The minimum Gasteiger partial charge on any atom is -0.465 e. The number of halogens is 3. The lowest BCUT2D eigenvalue weighted by Crippen LogP contribution is -2.36. The molecule has 1 heterocycles. The smallest absolute Gasteiger partial charge is 0.337 e. The molecule has 0 bridgehead atoms. The number of hydrogen-bond acceptors (Lipinski definition) is 5. The summed E-state index contributed by atoms with van der Waals surface area (Å²) in [6.07, 6.45) is 1.95. The first kappa shape index (κ1) is 23.6. The fourth-order valence-corrected chi connectivity index (χ4v) is 5.17. The Kier molecular flexibility index (Phi) is 7.64. The monoisotopic (exact) mass is 472 g/mol. The lowest BCUT2D eigenvalue weighted by Gasteiger charge is -2.24. The highest BCUT2D eigenvalue weighted by Gasteiger charge is 2.31.